The van der Waals surface area contributed by atoms with Crippen molar-refractivity contribution in [2.45, 2.75) is 20.8 Å². The second kappa shape index (κ2) is 7.24. The van der Waals surface area contributed by atoms with Gasteiger partial charge in [-0.25, -0.2) is 0 Å². The van der Waals surface area contributed by atoms with Crippen LogP contribution in [0.25, 0.3) is 28.2 Å². The molecule has 0 spiro atoms. The third-order valence-electron chi connectivity index (χ3n) is 4.77. The van der Waals surface area contributed by atoms with Crippen LogP contribution in [0.4, 0.5) is 0 Å². The predicted octanol–water partition coefficient (Wildman–Crippen LogP) is 5.42. The molecule has 28 heavy (non-hydrogen) atoms. The molecule has 138 valence electrons. The first-order chi connectivity index (χ1) is 13.5. The average molecular weight is 367 g/mol. The van der Waals surface area contributed by atoms with Gasteiger partial charge in [-0.15, -0.1) is 10.2 Å². The molecule has 0 bridgehead atoms. The van der Waals surface area contributed by atoms with E-state index in [0.29, 0.717) is 5.56 Å². The van der Waals surface area contributed by atoms with Gasteiger partial charge in [-0.3, -0.25) is 4.79 Å². The number of benzene rings is 3. The van der Waals surface area contributed by atoms with Crippen molar-refractivity contribution in [1.29, 1.82) is 0 Å². The third-order valence-corrected chi connectivity index (χ3v) is 4.77. The van der Waals surface area contributed by atoms with E-state index in [4.69, 9.17) is 10.2 Å². The van der Waals surface area contributed by atoms with Crippen molar-refractivity contribution in [3.63, 3.8) is 0 Å². The molecule has 0 saturated heterocycles. The topological polar surface area (TPSA) is 47.8 Å². The molecule has 0 aliphatic rings. The number of hydrogen-bond acceptors (Lipinski definition) is 3. The van der Waals surface area contributed by atoms with Gasteiger partial charge in [0.1, 0.15) is 11.4 Å². The maximum Gasteiger partial charge on any atom is 0.159 e. The van der Waals surface area contributed by atoms with Gasteiger partial charge in [0, 0.05) is 16.7 Å². The van der Waals surface area contributed by atoms with E-state index in [1.54, 1.807) is 11.7 Å². The number of carbonyl (C=O) groups is 1. The monoisotopic (exact) mass is 367 g/mol. The van der Waals surface area contributed by atoms with Crippen molar-refractivity contribution in [3.8, 4) is 28.2 Å². The van der Waals surface area contributed by atoms with Crippen molar-refractivity contribution < 1.29 is 4.79 Å². The van der Waals surface area contributed by atoms with E-state index in [-0.39, 0.29) is 5.78 Å². The van der Waals surface area contributed by atoms with Gasteiger partial charge in [0.05, 0.1) is 5.69 Å². The van der Waals surface area contributed by atoms with Crippen LogP contribution in [-0.2, 0) is 0 Å². The Morgan fingerprint density at radius 3 is 1.57 bits per heavy atom. The molecular weight excluding hydrogens is 346 g/mol. The largest absolute Gasteiger partial charge is 0.295 e. The predicted molar refractivity (Wildman–Crippen MR) is 112 cm³/mol. The van der Waals surface area contributed by atoms with Crippen LogP contribution in [0.2, 0.25) is 0 Å². The van der Waals surface area contributed by atoms with E-state index >= 15 is 0 Å². The van der Waals surface area contributed by atoms with Crippen molar-refractivity contribution in [3.05, 3.63) is 89.5 Å². The number of Topliss-reactive ketones (excluding diaryl/α,β-unsaturated/α-hetero) is 1. The highest BCUT2D eigenvalue weighted by Gasteiger charge is 2.16. The smallest absolute Gasteiger partial charge is 0.159 e. The van der Waals surface area contributed by atoms with Crippen LogP contribution in [0.1, 0.15) is 28.4 Å². The molecule has 4 rings (SSSR count). The number of aryl methyl sites for hydroxylation is 2. The maximum absolute atomic E-state index is 11.6. The van der Waals surface area contributed by atoms with Crippen molar-refractivity contribution in [2.24, 2.45) is 0 Å². The summed E-state index contributed by atoms with van der Waals surface area (Å²) < 4.78 is 0. The number of aromatic nitrogens is 3. The summed E-state index contributed by atoms with van der Waals surface area (Å²) in [5.74, 6) is 0.0496. The molecule has 4 heteroatoms. The zero-order valence-electron chi connectivity index (χ0n) is 16.2. The van der Waals surface area contributed by atoms with Gasteiger partial charge >= 0.3 is 0 Å². The van der Waals surface area contributed by atoms with Crippen molar-refractivity contribution >= 4 is 5.78 Å². The van der Waals surface area contributed by atoms with Crippen molar-refractivity contribution in [2.75, 3.05) is 0 Å². The summed E-state index contributed by atoms with van der Waals surface area (Å²) in [6.45, 7) is 5.69. The molecular formula is C24H21N3O. The summed E-state index contributed by atoms with van der Waals surface area (Å²) in [6, 6.07) is 23.9. The minimum absolute atomic E-state index is 0.0496. The Kier molecular flexibility index (Phi) is 4.62. The Morgan fingerprint density at radius 1 is 0.679 bits per heavy atom. The van der Waals surface area contributed by atoms with Gasteiger partial charge in [-0.2, -0.15) is 4.80 Å². The fourth-order valence-electron chi connectivity index (χ4n) is 3.06. The first-order valence-corrected chi connectivity index (χ1v) is 9.24. The molecule has 1 heterocycles. The Hall–Kier alpha value is -3.53. The number of hydrogen-bond donors (Lipinski definition) is 0. The zero-order valence-corrected chi connectivity index (χ0v) is 16.2. The quantitative estimate of drug-likeness (QED) is 0.452. The lowest BCUT2D eigenvalue weighted by Gasteiger charge is -2.03. The number of carbonyl (C=O) groups excluding carboxylic acids is 1. The van der Waals surface area contributed by atoms with Crippen LogP contribution in [0, 0.1) is 13.8 Å². The fraction of sp³-hybridized carbons (Fsp3) is 0.125. The second-order valence-electron chi connectivity index (χ2n) is 7.02. The normalized spacial score (nSPS) is 10.8. The molecule has 3 aromatic carbocycles. The van der Waals surface area contributed by atoms with Crippen molar-refractivity contribution in [1.82, 2.24) is 15.0 Å². The zero-order chi connectivity index (χ0) is 19.7. The third kappa shape index (κ3) is 3.49. The standard InChI is InChI=1S/C24H21N3O/c1-16-4-8-20(9-5-16)23-24(21-12-10-19(11-13-21)18(3)28)26-27(25-23)22-14-6-17(2)7-15-22/h4-15H,1-3H3. The van der Waals surface area contributed by atoms with E-state index in [9.17, 15) is 4.79 Å². The van der Waals surface area contributed by atoms with E-state index in [2.05, 4.69) is 38.1 Å². The van der Waals surface area contributed by atoms with Crippen LogP contribution in [0.15, 0.2) is 72.8 Å². The second-order valence-corrected chi connectivity index (χ2v) is 7.02. The van der Waals surface area contributed by atoms with Crippen LogP contribution in [0.5, 0.6) is 0 Å². The molecule has 4 aromatic rings. The Morgan fingerprint density at radius 2 is 1.11 bits per heavy atom. The highest BCUT2D eigenvalue weighted by Crippen LogP contribution is 2.30. The fourth-order valence-corrected chi connectivity index (χ4v) is 3.06. The van der Waals surface area contributed by atoms with E-state index in [0.717, 1.165) is 28.2 Å². The van der Waals surface area contributed by atoms with Gasteiger partial charge < -0.3 is 0 Å². The molecule has 0 radical (unpaired) electrons. The summed E-state index contributed by atoms with van der Waals surface area (Å²) >= 11 is 0. The molecule has 0 unspecified atom stereocenters. The first-order valence-electron chi connectivity index (χ1n) is 9.24. The van der Waals surface area contributed by atoms with E-state index in [1.807, 2.05) is 48.5 Å². The SMILES string of the molecule is CC(=O)c1ccc(-c2nn(-c3ccc(C)cc3)nc2-c2ccc(C)cc2)cc1. The first kappa shape index (κ1) is 17.9. The summed E-state index contributed by atoms with van der Waals surface area (Å²) in [5.41, 5.74) is 7.53. The highest BCUT2D eigenvalue weighted by molar-refractivity contribution is 5.94. The molecule has 0 aliphatic heterocycles. The molecule has 0 fully saturated rings. The molecule has 4 nitrogen and oxygen atoms in total. The van der Waals surface area contributed by atoms with Crippen LogP contribution in [-0.4, -0.2) is 20.8 Å². The molecule has 0 N–H and O–H groups in total. The lowest BCUT2D eigenvalue weighted by Crippen LogP contribution is -1.98. The summed E-state index contributed by atoms with van der Waals surface area (Å²) in [4.78, 5) is 13.3. The highest BCUT2D eigenvalue weighted by atomic mass is 16.1. The Labute approximate surface area is 164 Å². The number of nitrogens with zero attached hydrogens (tertiary/aromatic N) is 3. The maximum atomic E-state index is 11.6. The van der Waals surface area contributed by atoms with Gasteiger partial charge in [0.15, 0.2) is 5.78 Å². The van der Waals surface area contributed by atoms with Gasteiger partial charge in [-0.05, 0) is 32.9 Å². The van der Waals surface area contributed by atoms with Gasteiger partial charge in [0.25, 0.3) is 0 Å². The van der Waals surface area contributed by atoms with Gasteiger partial charge in [0.2, 0.25) is 0 Å². The Bertz CT molecular complexity index is 1120. The minimum atomic E-state index is 0.0496. The lowest BCUT2D eigenvalue weighted by molar-refractivity contribution is 0.101. The van der Waals surface area contributed by atoms with Crippen LogP contribution >= 0.6 is 0 Å². The summed E-state index contributed by atoms with van der Waals surface area (Å²) in [6.07, 6.45) is 0. The molecule has 0 atom stereocenters. The minimum Gasteiger partial charge on any atom is -0.295 e. The summed E-state index contributed by atoms with van der Waals surface area (Å²) in [7, 11) is 0. The Balaban J connectivity index is 1.86. The van der Waals surface area contributed by atoms with E-state index < -0.39 is 0 Å². The average Bonchev–Trinajstić information content (AvgIpc) is 3.14. The molecule has 1 aromatic heterocycles. The number of ketones is 1. The van der Waals surface area contributed by atoms with Crippen LogP contribution < -0.4 is 0 Å². The van der Waals surface area contributed by atoms with E-state index in [1.165, 1.54) is 11.1 Å². The van der Waals surface area contributed by atoms with Crippen LogP contribution in [0.3, 0.4) is 0 Å². The molecule has 0 saturated carbocycles. The van der Waals surface area contributed by atoms with Gasteiger partial charge in [-0.1, -0.05) is 71.8 Å². The molecule has 0 aliphatic carbocycles. The lowest BCUT2D eigenvalue weighted by atomic mass is 10.0. The number of rotatable bonds is 4. The summed E-state index contributed by atoms with van der Waals surface area (Å²) in [5, 5.41) is 9.56. The molecule has 0 amide bonds.